The predicted molar refractivity (Wildman–Crippen MR) is 98.8 cm³/mol. The molecule has 0 aliphatic rings. The van der Waals surface area contributed by atoms with Gasteiger partial charge in [0.25, 0.3) is 0 Å². The molecule has 24 heavy (non-hydrogen) atoms. The fraction of sp³-hybridized carbons (Fsp3) is 0.950. The zero-order valence-corrected chi connectivity index (χ0v) is 16.6. The van der Waals surface area contributed by atoms with E-state index in [0.717, 1.165) is 51.4 Å². The summed E-state index contributed by atoms with van der Waals surface area (Å²) in [6, 6.07) is 0. The van der Waals surface area contributed by atoms with Gasteiger partial charge in [-0.05, 0) is 43.4 Å². The second kappa shape index (κ2) is 11.9. The quantitative estimate of drug-likeness (QED) is 0.364. The molecular formula is C20H40O4. The van der Waals surface area contributed by atoms with E-state index >= 15 is 0 Å². The smallest absolute Gasteiger partial charge is 0.308 e. The van der Waals surface area contributed by atoms with Crippen LogP contribution in [0.25, 0.3) is 0 Å². The highest BCUT2D eigenvalue weighted by Crippen LogP contribution is 2.27. The average Bonchev–Trinajstić information content (AvgIpc) is 2.53. The molecule has 0 amide bonds. The van der Waals surface area contributed by atoms with Crippen molar-refractivity contribution in [2.75, 3.05) is 19.8 Å². The number of rotatable bonds is 14. The van der Waals surface area contributed by atoms with Gasteiger partial charge in [-0.15, -0.1) is 0 Å². The van der Waals surface area contributed by atoms with Gasteiger partial charge in [-0.3, -0.25) is 4.79 Å². The fourth-order valence-electron chi connectivity index (χ4n) is 2.79. The lowest BCUT2D eigenvalue weighted by Gasteiger charge is -2.23. The number of aliphatic hydroxyl groups is 2. The van der Waals surface area contributed by atoms with Gasteiger partial charge in [0, 0.05) is 13.2 Å². The Labute approximate surface area is 149 Å². The van der Waals surface area contributed by atoms with Crippen LogP contribution in [0, 0.1) is 16.7 Å². The maximum atomic E-state index is 12.1. The first-order valence-corrected chi connectivity index (χ1v) is 9.56. The molecule has 0 saturated heterocycles. The van der Waals surface area contributed by atoms with Crippen molar-refractivity contribution >= 4 is 5.97 Å². The van der Waals surface area contributed by atoms with Crippen LogP contribution in [0.5, 0.6) is 0 Å². The van der Waals surface area contributed by atoms with E-state index in [2.05, 4.69) is 27.7 Å². The van der Waals surface area contributed by atoms with Gasteiger partial charge in [-0.1, -0.05) is 53.4 Å². The Kier molecular flexibility index (Phi) is 11.6. The first-order chi connectivity index (χ1) is 11.2. The van der Waals surface area contributed by atoms with Crippen molar-refractivity contribution in [1.82, 2.24) is 0 Å². The summed E-state index contributed by atoms with van der Waals surface area (Å²) < 4.78 is 5.22. The predicted octanol–water partition coefficient (Wildman–Crippen LogP) is 4.32. The van der Waals surface area contributed by atoms with E-state index in [0.29, 0.717) is 6.61 Å². The molecule has 0 aromatic rings. The normalized spacial score (nSPS) is 12.7. The highest BCUT2D eigenvalue weighted by atomic mass is 16.5. The van der Waals surface area contributed by atoms with Crippen LogP contribution in [0.2, 0.25) is 0 Å². The lowest BCUT2D eigenvalue weighted by atomic mass is 9.85. The minimum atomic E-state index is -0.0691. The highest BCUT2D eigenvalue weighted by molar-refractivity contribution is 5.72. The van der Waals surface area contributed by atoms with Crippen LogP contribution in [-0.4, -0.2) is 36.0 Å². The van der Waals surface area contributed by atoms with Crippen molar-refractivity contribution in [3.63, 3.8) is 0 Å². The molecule has 0 aromatic heterocycles. The minimum Gasteiger partial charge on any atom is -0.466 e. The number of ether oxygens (including phenoxy) is 1. The largest absolute Gasteiger partial charge is 0.466 e. The first-order valence-electron chi connectivity index (χ1n) is 9.56. The molecule has 0 spiro atoms. The van der Waals surface area contributed by atoms with Gasteiger partial charge in [0.15, 0.2) is 0 Å². The van der Waals surface area contributed by atoms with E-state index in [4.69, 9.17) is 4.74 Å². The summed E-state index contributed by atoms with van der Waals surface area (Å²) in [5.41, 5.74) is -0.0649. The summed E-state index contributed by atoms with van der Waals surface area (Å²) in [5.74, 6) is -0.0836. The molecule has 4 nitrogen and oxygen atoms in total. The van der Waals surface area contributed by atoms with Gasteiger partial charge in [0.2, 0.25) is 0 Å². The molecule has 0 heterocycles. The average molecular weight is 345 g/mol. The van der Waals surface area contributed by atoms with E-state index in [-0.39, 0.29) is 35.9 Å². The van der Waals surface area contributed by atoms with Gasteiger partial charge in [-0.25, -0.2) is 0 Å². The van der Waals surface area contributed by atoms with Crippen LogP contribution in [0.1, 0.15) is 86.0 Å². The second-order valence-corrected chi connectivity index (χ2v) is 8.59. The summed E-state index contributed by atoms with van der Waals surface area (Å²) in [6.45, 7) is 11.0. The van der Waals surface area contributed by atoms with Crippen LogP contribution < -0.4 is 0 Å². The molecule has 0 aromatic carbocycles. The Hall–Kier alpha value is -0.610. The molecule has 144 valence electrons. The summed E-state index contributed by atoms with van der Waals surface area (Å²) in [4.78, 5) is 12.1. The lowest BCUT2D eigenvalue weighted by Crippen LogP contribution is -2.20. The maximum absolute atomic E-state index is 12.1. The zero-order valence-electron chi connectivity index (χ0n) is 16.6. The van der Waals surface area contributed by atoms with E-state index in [1.807, 2.05) is 6.92 Å². The van der Waals surface area contributed by atoms with E-state index in [1.165, 1.54) is 0 Å². The third kappa shape index (κ3) is 11.0. The molecule has 0 unspecified atom stereocenters. The standard InChI is InChI=1S/C20H40O4/c1-6-24-18(23)17(11-7-9-13-19(2,3)15-21)12-8-10-14-20(4,5)16-22/h17,21-22H,6-16H2,1-5H3. The number of aliphatic hydroxyl groups excluding tert-OH is 2. The fourth-order valence-corrected chi connectivity index (χ4v) is 2.79. The van der Waals surface area contributed by atoms with E-state index in [9.17, 15) is 15.0 Å². The first kappa shape index (κ1) is 23.4. The monoisotopic (exact) mass is 344 g/mol. The molecule has 0 fully saturated rings. The van der Waals surface area contributed by atoms with Crippen LogP contribution in [0.3, 0.4) is 0 Å². The Balaban J connectivity index is 4.22. The van der Waals surface area contributed by atoms with Crippen LogP contribution in [0.15, 0.2) is 0 Å². The zero-order chi connectivity index (χ0) is 18.6. The van der Waals surface area contributed by atoms with Gasteiger partial charge in [0.05, 0.1) is 12.5 Å². The van der Waals surface area contributed by atoms with Crippen LogP contribution in [-0.2, 0) is 9.53 Å². The summed E-state index contributed by atoms with van der Waals surface area (Å²) in [5, 5.41) is 18.6. The number of hydrogen-bond acceptors (Lipinski definition) is 4. The Morgan fingerprint density at radius 3 is 1.62 bits per heavy atom. The Morgan fingerprint density at radius 2 is 1.29 bits per heavy atom. The van der Waals surface area contributed by atoms with Gasteiger partial charge in [0.1, 0.15) is 0 Å². The molecule has 0 bridgehead atoms. The summed E-state index contributed by atoms with van der Waals surface area (Å²) >= 11 is 0. The van der Waals surface area contributed by atoms with Crippen LogP contribution >= 0.6 is 0 Å². The highest BCUT2D eigenvalue weighted by Gasteiger charge is 2.22. The number of unbranched alkanes of at least 4 members (excludes halogenated alkanes) is 2. The summed E-state index contributed by atoms with van der Waals surface area (Å²) in [6.07, 6.45) is 7.73. The molecule has 0 aliphatic carbocycles. The molecule has 2 N–H and O–H groups in total. The third-order valence-corrected chi connectivity index (χ3v) is 4.79. The van der Waals surface area contributed by atoms with E-state index in [1.54, 1.807) is 0 Å². The molecular weight excluding hydrogens is 304 g/mol. The second-order valence-electron chi connectivity index (χ2n) is 8.59. The van der Waals surface area contributed by atoms with Crippen LogP contribution in [0.4, 0.5) is 0 Å². The lowest BCUT2D eigenvalue weighted by molar-refractivity contribution is -0.148. The SMILES string of the molecule is CCOC(=O)C(CCCCC(C)(C)CO)CCCCC(C)(C)CO. The number of hydrogen-bond donors (Lipinski definition) is 2. The minimum absolute atomic E-state index is 0.0144. The number of esters is 1. The molecule has 0 radical (unpaired) electrons. The molecule has 0 saturated carbocycles. The van der Waals surface area contributed by atoms with Crippen molar-refractivity contribution in [3.05, 3.63) is 0 Å². The van der Waals surface area contributed by atoms with Crippen molar-refractivity contribution < 1.29 is 19.7 Å². The van der Waals surface area contributed by atoms with Gasteiger partial charge < -0.3 is 14.9 Å². The number of carbonyl (C=O) groups excluding carboxylic acids is 1. The van der Waals surface area contributed by atoms with Crippen molar-refractivity contribution in [2.45, 2.75) is 86.0 Å². The van der Waals surface area contributed by atoms with Crippen molar-refractivity contribution in [1.29, 1.82) is 0 Å². The molecule has 0 atom stereocenters. The molecule has 4 heteroatoms. The van der Waals surface area contributed by atoms with E-state index < -0.39 is 0 Å². The Morgan fingerprint density at radius 1 is 0.875 bits per heavy atom. The molecule has 0 rings (SSSR count). The Bertz CT molecular complexity index is 313. The topological polar surface area (TPSA) is 66.8 Å². The van der Waals surface area contributed by atoms with Crippen molar-refractivity contribution in [2.24, 2.45) is 16.7 Å². The number of carbonyl (C=O) groups is 1. The van der Waals surface area contributed by atoms with Gasteiger partial charge in [-0.2, -0.15) is 0 Å². The van der Waals surface area contributed by atoms with Gasteiger partial charge >= 0.3 is 5.97 Å². The molecule has 0 aliphatic heterocycles. The van der Waals surface area contributed by atoms with Crippen molar-refractivity contribution in [3.8, 4) is 0 Å². The summed E-state index contributed by atoms with van der Waals surface area (Å²) in [7, 11) is 0. The third-order valence-electron chi connectivity index (χ3n) is 4.79. The maximum Gasteiger partial charge on any atom is 0.308 e.